The topological polar surface area (TPSA) is 40.5 Å². The zero-order valence-electron chi connectivity index (χ0n) is 10.4. The lowest BCUT2D eigenvalue weighted by molar-refractivity contribution is 0.0647. The average Bonchev–Trinajstić information content (AvgIpc) is 2.75. The van der Waals surface area contributed by atoms with Gasteiger partial charge in [-0.1, -0.05) is 6.92 Å². The number of nitrogens with zero attached hydrogens (tertiary/aromatic N) is 1. The van der Waals surface area contributed by atoms with Crippen LogP contribution >= 0.6 is 0 Å². The summed E-state index contributed by atoms with van der Waals surface area (Å²) in [4.78, 5) is 13.5. The predicted octanol–water partition coefficient (Wildman–Crippen LogP) is 1.95. The van der Waals surface area contributed by atoms with E-state index in [1.807, 2.05) is 6.92 Å². The van der Waals surface area contributed by atoms with Gasteiger partial charge in [-0.2, -0.15) is 0 Å². The second-order valence-electron chi connectivity index (χ2n) is 4.77. The van der Waals surface area contributed by atoms with Crippen molar-refractivity contribution >= 4 is 5.91 Å². The molecule has 1 fully saturated rings. The van der Waals surface area contributed by atoms with Crippen LogP contribution in [0.4, 0.5) is 13.2 Å². The van der Waals surface area contributed by atoms with Crippen molar-refractivity contribution in [1.82, 2.24) is 4.90 Å². The number of rotatable bonds is 2. The maximum absolute atomic E-state index is 13.1. The Hall–Kier alpha value is -1.56. The van der Waals surface area contributed by atoms with Crippen molar-refractivity contribution in [3.05, 3.63) is 35.1 Å². The van der Waals surface area contributed by atoms with Gasteiger partial charge in [-0.05, 0) is 24.5 Å². The number of hydrogen-bond donors (Lipinski definition) is 1. The van der Waals surface area contributed by atoms with Crippen LogP contribution in [0.15, 0.2) is 12.1 Å². The van der Waals surface area contributed by atoms with E-state index in [9.17, 15) is 23.1 Å². The van der Waals surface area contributed by atoms with Crippen LogP contribution in [0.5, 0.6) is 0 Å². The smallest absolute Gasteiger partial charge is 0.254 e. The lowest BCUT2D eigenvalue weighted by Gasteiger charge is -2.25. The summed E-state index contributed by atoms with van der Waals surface area (Å²) in [5.41, 5.74) is -0.246. The molecule has 1 amide bonds. The van der Waals surface area contributed by atoms with E-state index in [1.54, 1.807) is 0 Å². The van der Waals surface area contributed by atoms with Crippen LogP contribution in [0.1, 0.15) is 23.7 Å². The summed E-state index contributed by atoms with van der Waals surface area (Å²) in [5.74, 6) is -4.86. The molecular weight excluding hydrogens is 259 g/mol. The molecule has 1 N–H and O–H groups in total. The second-order valence-corrected chi connectivity index (χ2v) is 4.77. The Labute approximate surface area is 108 Å². The summed E-state index contributed by atoms with van der Waals surface area (Å²) in [6.45, 7) is 2.09. The molecule has 1 aliphatic heterocycles. The van der Waals surface area contributed by atoms with Crippen LogP contribution in [0.2, 0.25) is 0 Å². The van der Waals surface area contributed by atoms with Gasteiger partial charge in [0.2, 0.25) is 0 Å². The zero-order chi connectivity index (χ0) is 14.2. The van der Waals surface area contributed by atoms with E-state index in [-0.39, 0.29) is 24.1 Å². The van der Waals surface area contributed by atoms with E-state index in [0.29, 0.717) is 25.1 Å². The summed E-state index contributed by atoms with van der Waals surface area (Å²) in [5, 5.41) is 9.25. The fourth-order valence-corrected chi connectivity index (χ4v) is 2.38. The maximum atomic E-state index is 13.1. The van der Waals surface area contributed by atoms with E-state index in [1.165, 1.54) is 4.90 Å². The summed E-state index contributed by atoms with van der Waals surface area (Å²) in [6.07, 6.45) is 0.711. The van der Waals surface area contributed by atoms with Gasteiger partial charge in [-0.25, -0.2) is 13.2 Å². The van der Waals surface area contributed by atoms with Crippen molar-refractivity contribution < 1.29 is 23.1 Å². The van der Waals surface area contributed by atoms with Gasteiger partial charge >= 0.3 is 0 Å². The predicted molar refractivity (Wildman–Crippen MR) is 62.0 cm³/mol. The number of aliphatic hydroxyl groups is 1. The molecule has 0 radical (unpaired) electrons. The minimum absolute atomic E-state index is 0.115. The van der Waals surface area contributed by atoms with Crippen molar-refractivity contribution in [2.75, 3.05) is 13.2 Å². The molecule has 19 heavy (non-hydrogen) atoms. The van der Waals surface area contributed by atoms with Gasteiger partial charge in [0, 0.05) is 12.1 Å². The number of carbonyl (C=O) groups is 1. The minimum atomic E-state index is -1.59. The van der Waals surface area contributed by atoms with Crippen LogP contribution in [-0.4, -0.2) is 35.1 Å². The van der Waals surface area contributed by atoms with E-state index >= 15 is 0 Å². The molecule has 2 atom stereocenters. The van der Waals surface area contributed by atoms with Crippen LogP contribution in [-0.2, 0) is 0 Å². The highest BCUT2D eigenvalue weighted by Crippen LogP contribution is 2.26. The summed E-state index contributed by atoms with van der Waals surface area (Å²) < 4.78 is 39.1. The van der Waals surface area contributed by atoms with Gasteiger partial charge in [0.1, 0.15) is 0 Å². The van der Waals surface area contributed by atoms with Crippen LogP contribution in [0.3, 0.4) is 0 Å². The number of aliphatic hydroxyl groups excluding tert-OH is 1. The third-order valence-electron chi connectivity index (χ3n) is 3.56. The molecule has 3 nitrogen and oxygen atoms in total. The molecule has 1 aromatic rings. The first-order chi connectivity index (χ1) is 8.95. The Morgan fingerprint density at radius 1 is 1.37 bits per heavy atom. The number of hydrogen-bond acceptors (Lipinski definition) is 2. The highest BCUT2D eigenvalue weighted by molar-refractivity contribution is 5.94. The number of halogens is 3. The Bertz CT molecular complexity index is 484. The largest absolute Gasteiger partial charge is 0.394 e. The van der Waals surface area contributed by atoms with E-state index in [0.717, 1.165) is 0 Å². The first-order valence-corrected chi connectivity index (χ1v) is 6.02. The van der Waals surface area contributed by atoms with Crippen molar-refractivity contribution in [1.29, 1.82) is 0 Å². The molecule has 0 aromatic heterocycles. The van der Waals surface area contributed by atoms with Crippen molar-refractivity contribution in [2.24, 2.45) is 5.92 Å². The van der Waals surface area contributed by atoms with Gasteiger partial charge in [0.15, 0.2) is 17.5 Å². The molecule has 1 saturated heterocycles. The van der Waals surface area contributed by atoms with Crippen molar-refractivity contribution in [3.63, 3.8) is 0 Å². The Balaban J connectivity index is 2.30. The fraction of sp³-hybridized carbons (Fsp3) is 0.462. The number of likely N-dealkylation sites (tertiary alicyclic amines) is 1. The van der Waals surface area contributed by atoms with E-state index in [4.69, 9.17) is 0 Å². The van der Waals surface area contributed by atoms with Gasteiger partial charge in [-0.15, -0.1) is 0 Å². The Kier molecular flexibility index (Phi) is 3.80. The second kappa shape index (κ2) is 5.21. The van der Waals surface area contributed by atoms with Gasteiger partial charge in [-0.3, -0.25) is 4.79 Å². The summed E-state index contributed by atoms with van der Waals surface area (Å²) in [6, 6.07) is 0.986. The molecule has 104 valence electrons. The minimum Gasteiger partial charge on any atom is -0.394 e. The van der Waals surface area contributed by atoms with Gasteiger partial charge in [0.05, 0.1) is 12.6 Å². The Morgan fingerprint density at radius 3 is 2.47 bits per heavy atom. The third-order valence-corrected chi connectivity index (χ3v) is 3.56. The lowest BCUT2D eigenvalue weighted by atomic mass is 10.0. The molecule has 1 aliphatic rings. The molecule has 1 heterocycles. The lowest BCUT2D eigenvalue weighted by Crippen LogP contribution is -2.39. The maximum Gasteiger partial charge on any atom is 0.254 e. The molecule has 0 spiro atoms. The molecule has 2 unspecified atom stereocenters. The standard InChI is InChI=1S/C13H14F3NO2/c1-7-2-3-17(11(7)6-18)13(19)8-4-9(14)12(16)10(15)5-8/h4-5,7,11,18H,2-3,6H2,1H3. The highest BCUT2D eigenvalue weighted by Gasteiger charge is 2.34. The van der Waals surface area contributed by atoms with Crippen molar-refractivity contribution in [3.8, 4) is 0 Å². The number of carbonyl (C=O) groups excluding carboxylic acids is 1. The Morgan fingerprint density at radius 2 is 1.95 bits per heavy atom. The SMILES string of the molecule is CC1CCN(C(=O)c2cc(F)c(F)c(F)c2)C1CO. The van der Waals surface area contributed by atoms with Crippen molar-refractivity contribution in [2.45, 2.75) is 19.4 Å². The van der Waals surface area contributed by atoms with E-state index < -0.39 is 23.4 Å². The first-order valence-electron chi connectivity index (χ1n) is 6.02. The van der Waals surface area contributed by atoms with Gasteiger partial charge in [0.25, 0.3) is 5.91 Å². The highest BCUT2D eigenvalue weighted by atomic mass is 19.2. The quantitative estimate of drug-likeness (QED) is 0.837. The normalized spacial score (nSPS) is 22.9. The summed E-state index contributed by atoms with van der Waals surface area (Å²) >= 11 is 0. The number of benzene rings is 1. The summed E-state index contributed by atoms with van der Waals surface area (Å²) in [7, 11) is 0. The molecule has 1 aromatic carbocycles. The fourth-order valence-electron chi connectivity index (χ4n) is 2.38. The van der Waals surface area contributed by atoms with Crippen LogP contribution in [0.25, 0.3) is 0 Å². The van der Waals surface area contributed by atoms with Gasteiger partial charge < -0.3 is 10.0 Å². The molecule has 0 bridgehead atoms. The molecule has 0 aliphatic carbocycles. The number of amides is 1. The third kappa shape index (κ3) is 2.45. The monoisotopic (exact) mass is 273 g/mol. The average molecular weight is 273 g/mol. The molecule has 0 saturated carbocycles. The molecule has 2 rings (SSSR count). The van der Waals surface area contributed by atoms with E-state index in [2.05, 4.69) is 0 Å². The zero-order valence-corrected chi connectivity index (χ0v) is 10.4. The molecule has 6 heteroatoms. The molecular formula is C13H14F3NO2. The van der Waals surface area contributed by atoms with Crippen LogP contribution < -0.4 is 0 Å². The van der Waals surface area contributed by atoms with Crippen LogP contribution in [0, 0.1) is 23.4 Å². The first kappa shape index (κ1) is 13.9.